The van der Waals surface area contributed by atoms with Crippen molar-refractivity contribution in [3.8, 4) is 17.3 Å². The van der Waals surface area contributed by atoms with Gasteiger partial charge in [-0.05, 0) is 69.0 Å². The SMILES string of the molecule is CC(C)(C)c1ccc(C2(c3ccc(C(C)(C)C)cc3)c3cccnc3-n3c4cc(Oc5cccc(P(=O)(c6ccccc6)c6ccccc6)c5)ccc4c4cccc2c43)cc1. The number of rotatable bonds is 7. The van der Waals surface area contributed by atoms with Crippen LogP contribution in [0.25, 0.3) is 27.6 Å². The summed E-state index contributed by atoms with van der Waals surface area (Å²) in [5.41, 5.74) is 8.86. The van der Waals surface area contributed by atoms with Crippen LogP contribution >= 0.6 is 7.14 Å². The van der Waals surface area contributed by atoms with Crippen molar-refractivity contribution in [2.45, 2.75) is 57.8 Å². The Morgan fingerprint density at radius 3 is 1.64 bits per heavy atom. The lowest BCUT2D eigenvalue weighted by Crippen LogP contribution is -2.36. The van der Waals surface area contributed by atoms with E-state index in [9.17, 15) is 0 Å². The van der Waals surface area contributed by atoms with Crippen LogP contribution in [0.5, 0.6) is 11.5 Å². The number of aromatic nitrogens is 2. The van der Waals surface area contributed by atoms with Gasteiger partial charge in [-0.1, -0.05) is 187 Å². The van der Waals surface area contributed by atoms with Gasteiger partial charge in [-0.15, -0.1) is 0 Å². The van der Waals surface area contributed by atoms with Gasteiger partial charge in [0.2, 0.25) is 0 Å². The molecule has 10 rings (SSSR count). The number of benzene rings is 7. The molecule has 0 N–H and O–H groups in total. The topological polar surface area (TPSA) is 44.1 Å². The molecule has 5 heteroatoms. The molecule has 0 bridgehead atoms. The van der Waals surface area contributed by atoms with Crippen molar-refractivity contribution in [1.29, 1.82) is 0 Å². The molecule has 3 heterocycles. The maximum absolute atomic E-state index is 15.2. The summed E-state index contributed by atoms with van der Waals surface area (Å²) in [4.78, 5) is 5.23. The van der Waals surface area contributed by atoms with Crippen molar-refractivity contribution < 1.29 is 9.30 Å². The minimum Gasteiger partial charge on any atom is -0.457 e. The lowest BCUT2D eigenvalue weighted by atomic mass is 9.63. The first kappa shape index (κ1) is 38.7. The van der Waals surface area contributed by atoms with Crippen LogP contribution in [0.3, 0.4) is 0 Å². The molecule has 0 aliphatic carbocycles. The second-order valence-electron chi connectivity index (χ2n) is 18.4. The smallest absolute Gasteiger partial charge is 0.171 e. The molecule has 0 radical (unpaired) electrons. The van der Waals surface area contributed by atoms with E-state index >= 15 is 4.57 Å². The van der Waals surface area contributed by atoms with E-state index in [1.54, 1.807) is 0 Å². The molecule has 7 aromatic carbocycles. The van der Waals surface area contributed by atoms with E-state index in [2.05, 4.69) is 137 Å². The van der Waals surface area contributed by atoms with Gasteiger partial charge >= 0.3 is 0 Å². The standard InChI is InChI=1S/C56H49N2O2P/c1-54(2,3)38-25-29-40(30-26-38)56(41-31-27-39(28-32-41)55(4,5)6)49-23-14-22-48-47-34-33-43(37-51(47)58(52(48)49)53-50(56)24-15-35-57-53)60-42-16-13-21-46(36-42)61(59,44-17-9-7-10-18-44)45-19-11-8-12-20-45/h7-37H,1-6H3. The Morgan fingerprint density at radius 2 is 1.05 bits per heavy atom. The third-order valence-corrected chi connectivity index (χ3v) is 15.6. The van der Waals surface area contributed by atoms with E-state index in [0.717, 1.165) is 49.1 Å². The lowest BCUT2D eigenvalue weighted by molar-refractivity contribution is 0.483. The molecule has 2 aromatic heterocycles. The molecule has 300 valence electrons. The highest BCUT2D eigenvalue weighted by atomic mass is 31.2. The Morgan fingerprint density at radius 1 is 0.508 bits per heavy atom. The summed E-state index contributed by atoms with van der Waals surface area (Å²) in [6.07, 6.45) is 1.91. The van der Waals surface area contributed by atoms with Gasteiger partial charge in [0, 0.05) is 44.5 Å². The summed E-state index contributed by atoms with van der Waals surface area (Å²) < 4.78 is 24.3. The highest BCUT2D eigenvalue weighted by Gasteiger charge is 2.46. The molecule has 1 aliphatic heterocycles. The predicted molar refractivity (Wildman–Crippen MR) is 254 cm³/mol. The van der Waals surface area contributed by atoms with Crippen LogP contribution in [0.1, 0.15) is 74.9 Å². The summed E-state index contributed by atoms with van der Waals surface area (Å²) in [5, 5.41) is 4.57. The third kappa shape index (κ3) is 6.19. The number of hydrogen-bond acceptors (Lipinski definition) is 3. The molecule has 0 saturated carbocycles. The highest BCUT2D eigenvalue weighted by Crippen LogP contribution is 2.54. The normalized spacial score (nSPS) is 13.6. The number of nitrogens with zero attached hydrogens (tertiary/aromatic N) is 2. The molecule has 0 saturated heterocycles. The van der Waals surface area contributed by atoms with Crippen LogP contribution in [0.2, 0.25) is 0 Å². The van der Waals surface area contributed by atoms with Gasteiger partial charge in [-0.2, -0.15) is 0 Å². The zero-order valence-corrected chi connectivity index (χ0v) is 36.5. The van der Waals surface area contributed by atoms with Crippen LogP contribution in [0.4, 0.5) is 0 Å². The number of fused-ring (bicyclic) bond motifs is 5. The van der Waals surface area contributed by atoms with Crippen molar-refractivity contribution in [3.05, 3.63) is 222 Å². The van der Waals surface area contributed by atoms with E-state index in [1.165, 1.54) is 27.8 Å². The highest BCUT2D eigenvalue weighted by molar-refractivity contribution is 7.85. The Labute approximate surface area is 358 Å². The van der Waals surface area contributed by atoms with Gasteiger partial charge < -0.3 is 9.30 Å². The maximum Gasteiger partial charge on any atom is 0.171 e. The summed E-state index contributed by atoms with van der Waals surface area (Å²) in [5.74, 6) is 2.20. The molecule has 0 unspecified atom stereocenters. The van der Waals surface area contributed by atoms with Gasteiger partial charge in [-0.3, -0.25) is 4.57 Å². The fourth-order valence-corrected chi connectivity index (χ4v) is 12.2. The van der Waals surface area contributed by atoms with Crippen LogP contribution in [0, 0.1) is 0 Å². The summed E-state index contributed by atoms with van der Waals surface area (Å²) in [6.45, 7) is 13.6. The van der Waals surface area contributed by atoms with Crippen molar-refractivity contribution >= 4 is 44.9 Å². The average Bonchev–Trinajstić information content (AvgIpc) is 3.61. The number of pyridine rings is 1. The largest absolute Gasteiger partial charge is 0.457 e. The van der Waals surface area contributed by atoms with E-state index in [-0.39, 0.29) is 10.8 Å². The van der Waals surface area contributed by atoms with Crippen LogP contribution in [-0.2, 0) is 20.8 Å². The first-order chi connectivity index (χ1) is 29.4. The second kappa shape index (κ2) is 14.3. The molecular formula is C56H49N2O2P. The van der Waals surface area contributed by atoms with E-state index in [0.29, 0.717) is 11.5 Å². The predicted octanol–water partition coefficient (Wildman–Crippen LogP) is 12.9. The van der Waals surface area contributed by atoms with Crippen molar-refractivity contribution in [1.82, 2.24) is 9.55 Å². The Bertz CT molecular complexity index is 3030. The fourth-order valence-electron chi connectivity index (χ4n) is 9.48. The maximum atomic E-state index is 15.2. The summed E-state index contributed by atoms with van der Waals surface area (Å²) >= 11 is 0. The number of para-hydroxylation sites is 1. The van der Waals surface area contributed by atoms with E-state index < -0.39 is 12.6 Å². The Balaban J connectivity index is 1.16. The van der Waals surface area contributed by atoms with Gasteiger partial charge in [0.25, 0.3) is 0 Å². The number of hydrogen-bond donors (Lipinski definition) is 0. The van der Waals surface area contributed by atoms with Crippen LogP contribution in [0.15, 0.2) is 188 Å². The van der Waals surface area contributed by atoms with Crippen molar-refractivity contribution in [2.75, 3.05) is 0 Å². The lowest BCUT2D eigenvalue weighted by Gasteiger charge is -2.41. The molecule has 4 nitrogen and oxygen atoms in total. The molecule has 61 heavy (non-hydrogen) atoms. The molecule has 0 amide bonds. The van der Waals surface area contributed by atoms with Gasteiger partial charge in [0.05, 0.1) is 16.4 Å². The monoisotopic (exact) mass is 812 g/mol. The fraction of sp³-hybridized carbons (Fsp3) is 0.161. The first-order valence-corrected chi connectivity index (χ1v) is 22.8. The summed E-state index contributed by atoms with van der Waals surface area (Å²) in [7, 11) is -3.19. The van der Waals surface area contributed by atoms with Gasteiger partial charge in [-0.25, -0.2) is 4.98 Å². The van der Waals surface area contributed by atoms with Crippen LogP contribution in [-0.4, -0.2) is 9.55 Å². The number of ether oxygens (including phenoxy) is 1. The molecule has 0 atom stereocenters. The Kier molecular flexibility index (Phi) is 9.09. The van der Waals surface area contributed by atoms with Crippen molar-refractivity contribution in [2.24, 2.45) is 0 Å². The average molecular weight is 813 g/mol. The quantitative estimate of drug-likeness (QED) is 0.151. The zero-order valence-electron chi connectivity index (χ0n) is 35.6. The first-order valence-electron chi connectivity index (χ1n) is 21.1. The molecule has 1 aliphatic rings. The minimum absolute atomic E-state index is 0.0169. The van der Waals surface area contributed by atoms with Gasteiger partial charge in [0.15, 0.2) is 7.14 Å². The van der Waals surface area contributed by atoms with Crippen LogP contribution < -0.4 is 20.7 Å². The molecule has 0 spiro atoms. The summed E-state index contributed by atoms with van der Waals surface area (Å²) in [6, 6.07) is 63.2. The Hall–Kier alpha value is -6.48. The third-order valence-electron chi connectivity index (χ3n) is 12.6. The molecule has 0 fully saturated rings. The van der Waals surface area contributed by atoms with E-state index in [1.807, 2.05) is 97.2 Å². The molecule has 9 aromatic rings. The van der Waals surface area contributed by atoms with Gasteiger partial charge in [0.1, 0.15) is 17.3 Å². The molecular weight excluding hydrogens is 764 g/mol. The van der Waals surface area contributed by atoms with E-state index in [4.69, 9.17) is 9.72 Å². The zero-order chi connectivity index (χ0) is 42.1. The van der Waals surface area contributed by atoms with Crippen molar-refractivity contribution in [3.63, 3.8) is 0 Å². The minimum atomic E-state index is -3.19. The second-order valence-corrected chi connectivity index (χ2v) is 21.1.